The first-order chi connectivity index (χ1) is 8.03. The van der Waals surface area contributed by atoms with Crippen molar-refractivity contribution in [2.24, 2.45) is 0 Å². The van der Waals surface area contributed by atoms with Gasteiger partial charge in [-0.25, -0.2) is 0 Å². The number of aryl methyl sites for hydroxylation is 2. The molecule has 0 bridgehead atoms. The van der Waals surface area contributed by atoms with E-state index >= 15 is 0 Å². The van der Waals surface area contributed by atoms with Crippen LogP contribution in [0.1, 0.15) is 11.1 Å². The van der Waals surface area contributed by atoms with Crippen LogP contribution >= 0.6 is 0 Å². The van der Waals surface area contributed by atoms with E-state index in [-0.39, 0.29) is 0 Å². The van der Waals surface area contributed by atoms with Crippen LogP contribution in [-0.4, -0.2) is 65.8 Å². The second kappa shape index (κ2) is 5.25. The van der Waals surface area contributed by atoms with E-state index in [0.717, 1.165) is 0 Å². The van der Waals surface area contributed by atoms with Crippen molar-refractivity contribution in [3.05, 3.63) is 11.1 Å². The molecule has 2 aromatic rings. The average molecular weight is 588 g/mol. The molecule has 4 heteroatoms. The van der Waals surface area contributed by atoms with E-state index in [1.54, 1.807) is 11.1 Å². The van der Waals surface area contributed by atoms with Crippen molar-refractivity contribution in [3.8, 4) is 0 Å². The van der Waals surface area contributed by atoms with Gasteiger partial charge in [-0.1, -0.05) is 0 Å². The Morgan fingerprint density at radius 3 is 1.11 bits per heavy atom. The van der Waals surface area contributed by atoms with Gasteiger partial charge in [0.15, 0.2) is 0 Å². The molecule has 0 amide bonds. The summed E-state index contributed by atoms with van der Waals surface area (Å²) in [5, 5.41) is 0. The van der Waals surface area contributed by atoms with Crippen molar-refractivity contribution >= 4 is 79.2 Å². The molecule has 0 atom stereocenters. The SMILES string of the molecule is Cc1[c]([Sn]([CH3])([CH3])[CH3])[se]c2c(C)[c]([Sn]([CH3])([CH3])[CH3])[se]c12. The van der Waals surface area contributed by atoms with Gasteiger partial charge in [0.2, 0.25) is 0 Å². The Morgan fingerprint density at radius 2 is 0.889 bits per heavy atom. The molecular formula is C14H24Se2Sn2. The Labute approximate surface area is 132 Å². The molecule has 18 heavy (non-hydrogen) atoms. The molecule has 0 aliphatic heterocycles. The third-order valence-electron chi connectivity index (χ3n) is 3.34. The summed E-state index contributed by atoms with van der Waals surface area (Å²) in [6.07, 6.45) is 0. The van der Waals surface area contributed by atoms with Gasteiger partial charge in [0.05, 0.1) is 0 Å². The molecule has 0 unspecified atom stereocenters. The van der Waals surface area contributed by atoms with E-state index in [9.17, 15) is 0 Å². The molecular weight excluding hydrogens is 563 g/mol. The average Bonchev–Trinajstić information content (AvgIpc) is 2.64. The predicted molar refractivity (Wildman–Crippen MR) is 93.3 cm³/mol. The van der Waals surface area contributed by atoms with Crippen LogP contribution in [0.4, 0.5) is 0 Å². The molecule has 2 heterocycles. The first-order valence-corrected chi connectivity index (χ1v) is 30.0. The van der Waals surface area contributed by atoms with Gasteiger partial charge in [0, 0.05) is 0 Å². The van der Waals surface area contributed by atoms with E-state index in [2.05, 4.69) is 43.5 Å². The third kappa shape index (κ3) is 2.90. The van der Waals surface area contributed by atoms with Crippen molar-refractivity contribution in [3.63, 3.8) is 0 Å². The molecule has 0 radical (unpaired) electrons. The number of fused-ring (bicyclic) bond motifs is 1. The van der Waals surface area contributed by atoms with Gasteiger partial charge >= 0.3 is 134 Å². The van der Waals surface area contributed by atoms with Crippen molar-refractivity contribution in [2.75, 3.05) is 0 Å². The Kier molecular flexibility index (Phi) is 4.73. The van der Waals surface area contributed by atoms with Gasteiger partial charge < -0.3 is 0 Å². The monoisotopic (exact) mass is 592 g/mol. The van der Waals surface area contributed by atoms with Crippen LogP contribution in [0.2, 0.25) is 29.6 Å². The van der Waals surface area contributed by atoms with Crippen LogP contribution < -0.4 is 4.91 Å². The summed E-state index contributed by atoms with van der Waals surface area (Å²) in [7, 11) is 0. The van der Waals surface area contributed by atoms with Crippen LogP contribution in [0.25, 0.3) is 8.52 Å². The van der Waals surface area contributed by atoms with Gasteiger partial charge in [-0.3, -0.25) is 0 Å². The second-order valence-electron chi connectivity index (χ2n) is 7.27. The second-order valence-corrected chi connectivity index (χ2v) is 44.7. The fourth-order valence-electron chi connectivity index (χ4n) is 2.58. The Bertz CT molecular complexity index is 538. The van der Waals surface area contributed by atoms with E-state index in [0.29, 0.717) is 29.0 Å². The van der Waals surface area contributed by atoms with Crippen LogP contribution in [-0.2, 0) is 0 Å². The predicted octanol–water partition coefficient (Wildman–Crippen LogP) is 2.66. The first-order valence-electron chi connectivity index (χ1n) is 6.57. The van der Waals surface area contributed by atoms with Crippen LogP contribution in [0, 0.1) is 13.8 Å². The van der Waals surface area contributed by atoms with E-state index < -0.39 is 36.8 Å². The van der Waals surface area contributed by atoms with Gasteiger partial charge in [-0.05, 0) is 0 Å². The summed E-state index contributed by atoms with van der Waals surface area (Å²) < 4.78 is 7.60. The summed E-state index contributed by atoms with van der Waals surface area (Å²) in [5.74, 6) is 0. The molecule has 2 aromatic heterocycles. The fourth-order valence-corrected chi connectivity index (χ4v) is 29.9. The van der Waals surface area contributed by atoms with E-state index in [4.69, 9.17) is 0 Å². The summed E-state index contributed by atoms with van der Waals surface area (Å²) >= 11 is -2.23. The normalized spacial score (nSPS) is 13.6. The van der Waals surface area contributed by atoms with Gasteiger partial charge in [0.25, 0.3) is 0 Å². The molecule has 0 saturated carbocycles. The molecule has 100 valence electrons. The maximum absolute atomic E-state index is 2.59. The Hall–Kier alpha value is 1.86. The zero-order valence-corrected chi connectivity index (χ0v) is 22.0. The summed E-state index contributed by atoms with van der Waals surface area (Å²) in [5.41, 5.74) is 3.52. The summed E-state index contributed by atoms with van der Waals surface area (Å²) in [6, 6.07) is 0. The zero-order valence-electron chi connectivity index (χ0n) is 12.8. The van der Waals surface area contributed by atoms with Gasteiger partial charge in [-0.15, -0.1) is 0 Å². The minimum absolute atomic E-state index is 0.707. The molecule has 0 saturated heterocycles. The molecule has 0 aliphatic carbocycles. The summed E-state index contributed by atoms with van der Waals surface area (Å²) in [4.78, 5) is 15.5. The molecule has 0 spiro atoms. The van der Waals surface area contributed by atoms with Gasteiger partial charge in [-0.2, -0.15) is 0 Å². The van der Waals surface area contributed by atoms with Gasteiger partial charge in [0.1, 0.15) is 0 Å². The quantitative estimate of drug-likeness (QED) is 0.475. The number of hydrogen-bond donors (Lipinski definition) is 0. The van der Waals surface area contributed by atoms with Crippen LogP contribution in [0.3, 0.4) is 0 Å². The topological polar surface area (TPSA) is 0 Å². The van der Waals surface area contributed by atoms with Crippen molar-refractivity contribution in [1.82, 2.24) is 0 Å². The molecule has 0 aliphatic rings. The first kappa shape index (κ1) is 16.2. The molecule has 2 rings (SSSR count). The molecule has 0 fully saturated rings. The number of hydrogen-bond acceptors (Lipinski definition) is 0. The van der Waals surface area contributed by atoms with Crippen LogP contribution in [0.5, 0.6) is 0 Å². The van der Waals surface area contributed by atoms with E-state index in [1.807, 2.05) is 13.4 Å². The van der Waals surface area contributed by atoms with Crippen LogP contribution in [0.15, 0.2) is 0 Å². The maximum atomic E-state index is 2.59. The van der Waals surface area contributed by atoms with E-state index in [1.165, 1.54) is 0 Å². The van der Waals surface area contributed by atoms with Crippen molar-refractivity contribution in [2.45, 2.75) is 43.5 Å². The Morgan fingerprint density at radius 1 is 0.611 bits per heavy atom. The molecule has 0 nitrogen and oxygen atoms in total. The van der Waals surface area contributed by atoms with Crippen molar-refractivity contribution in [1.29, 1.82) is 0 Å². The fraction of sp³-hybridized carbons (Fsp3) is 0.571. The van der Waals surface area contributed by atoms with Crippen molar-refractivity contribution < 1.29 is 0 Å². The Balaban J connectivity index is 2.73. The molecule has 0 N–H and O–H groups in total. The summed E-state index contributed by atoms with van der Waals surface area (Å²) in [6.45, 7) is 4.88. The molecule has 0 aromatic carbocycles. The third-order valence-corrected chi connectivity index (χ3v) is 39.3. The standard InChI is InChI=1S/C8H6Se2.6CH3.2Sn/c1-5-3-9-8-6(2)4-10-7(5)8;;;;;;;;/h1-2H3;6*1H3;;. The number of rotatable bonds is 2. The minimum atomic E-state index is -1.82. The zero-order chi connectivity index (χ0) is 13.9.